The van der Waals surface area contributed by atoms with E-state index < -0.39 is 14.9 Å². The Hall–Kier alpha value is -0.970. The Bertz CT molecular complexity index is 773. The number of anilines is 1. The van der Waals surface area contributed by atoms with E-state index in [9.17, 15) is 18.5 Å². The third-order valence-electron chi connectivity index (χ3n) is 2.22. The molecule has 1 heterocycles. The summed E-state index contributed by atoms with van der Waals surface area (Å²) in [5, 5.41) is 10.6. The summed E-state index contributed by atoms with van der Waals surface area (Å²) in [5.41, 5.74) is 0.110. The number of non-ortho nitro benzene ring substituents is 1. The van der Waals surface area contributed by atoms with E-state index >= 15 is 0 Å². The van der Waals surface area contributed by atoms with Gasteiger partial charge in [-0.15, -0.1) is 11.3 Å². The molecule has 0 saturated heterocycles. The maximum Gasteiger partial charge on any atom is 0.271 e. The van der Waals surface area contributed by atoms with Gasteiger partial charge in [-0.3, -0.25) is 14.8 Å². The Morgan fingerprint density at radius 3 is 2.40 bits per heavy atom. The summed E-state index contributed by atoms with van der Waals surface area (Å²) >= 11 is 7.37. The van der Waals surface area contributed by atoms with Gasteiger partial charge in [-0.05, 0) is 50.1 Å². The molecule has 0 saturated carbocycles. The molecule has 1 aromatic carbocycles. The first-order valence-corrected chi connectivity index (χ1v) is 8.90. The lowest BCUT2D eigenvalue weighted by molar-refractivity contribution is -0.384. The van der Waals surface area contributed by atoms with Crippen LogP contribution in [0.5, 0.6) is 0 Å². The second-order valence-electron chi connectivity index (χ2n) is 3.59. The number of sulfonamides is 1. The van der Waals surface area contributed by atoms with Gasteiger partial charge in [0.25, 0.3) is 15.7 Å². The lowest BCUT2D eigenvalue weighted by atomic mass is 10.3. The quantitative estimate of drug-likeness (QED) is 0.573. The van der Waals surface area contributed by atoms with Crippen molar-refractivity contribution >= 4 is 64.6 Å². The summed E-state index contributed by atoms with van der Waals surface area (Å²) < 4.78 is 27.7. The molecule has 1 aromatic heterocycles. The smallest absolute Gasteiger partial charge is 0.271 e. The van der Waals surface area contributed by atoms with Gasteiger partial charge >= 0.3 is 0 Å². The lowest BCUT2D eigenvalue weighted by Crippen LogP contribution is -2.11. The van der Waals surface area contributed by atoms with Crippen molar-refractivity contribution in [2.45, 2.75) is 4.21 Å². The van der Waals surface area contributed by atoms with Gasteiger partial charge in [0.15, 0.2) is 0 Å². The van der Waals surface area contributed by atoms with Crippen molar-refractivity contribution in [1.82, 2.24) is 0 Å². The van der Waals surface area contributed by atoms with E-state index in [1.807, 2.05) is 0 Å². The fourth-order valence-electron chi connectivity index (χ4n) is 1.34. The maximum absolute atomic E-state index is 12.1. The Kier molecular flexibility index (Phi) is 4.47. The average molecular weight is 442 g/mol. The molecule has 10 heteroatoms. The van der Waals surface area contributed by atoms with Crippen LogP contribution in [0.15, 0.2) is 42.8 Å². The van der Waals surface area contributed by atoms with Crippen LogP contribution in [-0.4, -0.2) is 13.3 Å². The second kappa shape index (κ2) is 5.80. The van der Waals surface area contributed by atoms with Gasteiger partial charge < -0.3 is 0 Å². The van der Waals surface area contributed by atoms with Gasteiger partial charge in [-0.1, -0.05) is 0 Å². The molecule has 20 heavy (non-hydrogen) atoms. The van der Waals surface area contributed by atoms with Gasteiger partial charge in [0.1, 0.15) is 4.21 Å². The minimum absolute atomic E-state index is 0.126. The van der Waals surface area contributed by atoms with E-state index in [-0.39, 0.29) is 15.6 Å². The Balaban J connectivity index is 2.32. The molecule has 0 unspecified atom stereocenters. The predicted molar refractivity (Wildman–Crippen MR) is 83.6 cm³/mol. The molecular formula is C10H6Br2N2O4S2. The van der Waals surface area contributed by atoms with Crippen LogP contribution in [-0.2, 0) is 10.0 Å². The highest BCUT2D eigenvalue weighted by molar-refractivity contribution is 9.11. The molecule has 0 radical (unpaired) electrons. The number of nitrogens with one attached hydrogen (secondary N) is 1. The number of halogens is 2. The summed E-state index contributed by atoms with van der Waals surface area (Å²) in [6, 6.07) is 6.90. The molecular weight excluding hydrogens is 436 g/mol. The van der Waals surface area contributed by atoms with Crippen LogP contribution in [0.1, 0.15) is 0 Å². The molecule has 6 nitrogen and oxygen atoms in total. The van der Waals surface area contributed by atoms with Crippen molar-refractivity contribution < 1.29 is 13.3 Å². The van der Waals surface area contributed by atoms with Gasteiger partial charge in [0, 0.05) is 16.6 Å². The highest BCUT2D eigenvalue weighted by atomic mass is 79.9. The first-order chi connectivity index (χ1) is 9.29. The van der Waals surface area contributed by atoms with Gasteiger partial charge in [-0.25, -0.2) is 8.42 Å². The molecule has 0 amide bonds. The van der Waals surface area contributed by atoms with E-state index in [0.717, 1.165) is 11.3 Å². The van der Waals surface area contributed by atoms with Crippen LogP contribution in [0.2, 0.25) is 0 Å². The van der Waals surface area contributed by atoms with Gasteiger partial charge in [0.2, 0.25) is 0 Å². The molecule has 0 aliphatic carbocycles. The Morgan fingerprint density at radius 1 is 1.20 bits per heavy atom. The number of hydrogen-bond acceptors (Lipinski definition) is 5. The molecule has 0 fully saturated rings. The predicted octanol–water partition coefficient (Wildman–Crippen LogP) is 3.98. The maximum atomic E-state index is 12.1. The van der Waals surface area contributed by atoms with Crippen LogP contribution in [0.4, 0.5) is 11.4 Å². The van der Waals surface area contributed by atoms with Crippen molar-refractivity contribution in [2.75, 3.05) is 4.72 Å². The molecule has 106 valence electrons. The molecule has 0 spiro atoms. The molecule has 0 aliphatic heterocycles. The van der Waals surface area contributed by atoms with Gasteiger partial charge in [-0.2, -0.15) is 0 Å². The van der Waals surface area contributed by atoms with Gasteiger partial charge in [0.05, 0.1) is 14.4 Å². The number of rotatable bonds is 4. The first kappa shape index (κ1) is 15.4. The fraction of sp³-hybridized carbons (Fsp3) is 0. The molecule has 2 aromatic rings. The molecule has 0 bridgehead atoms. The van der Waals surface area contributed by atoms with Crippen LogP contribution in [0.3, 0.4) is 0 Å². The summed E-state index contributed by atoms with van der Waals surface area (Å²) in [6.45, 7) is 0. The molecule has 0 atom stereocenters. The van der Waals surface area contributed by atoms with Crippen molar-refractivity contribution in [3.05, 3.63) is 48.7 Å². The van der Waals surface area contributed by atoms with Crippen LogP contribution < -0.4 is 4.72 Å². The van der Waals surface area contributed by atoms with E-state index in [1.165, 1.54) is 24.3 Å². The topological polar surface area (TPSA) is 89.3 Å². The van der Waals surface area contributed by atoms with Crippen molar-refractivity contribution in [1.29, 1.82) is 0 Å². The zero-order valence-electron chi connectivity index (χ0n) is 9.54. The highest BCUT2D eigenvalue weighted by Crippen LogP contribution is 2.31. The molecule has 0 aliphatic rings. The van der Waals surface area contributed by atoms with Crippen molar-refractivity contribution in [2.24, 2.45) is 0 Å². The Labute approximate surface area is 135 Å². The van der Waals surface area contributed by atoms with Crippen LogP contribution >= 0.6 is 43.2 Å². The summed E-state index contributed by atoms with van der Waals surface area (Å²) in [7, 11) is -3.71. The monoisotopic (exact) mass is 440 g/mol. The third-order valence-corrected chi connectivity index (χ3v) is 6.36. The number of benzene rings is 1. The van der Waals surface area contributed by atoms with E-state index in [1.54, 1.807) is 6.07 Å². The Morgan fingerprint density at radius 2 is 1.90 bits per heavy atom. The number of nitrogens with zero attached hydrogens (tertiary/aromatic N) is 1. The molecule has 2 rings (SSSR count). The standard InChI is InChI=1S/C10H6Br2N2O4S2/c11-7-5-6(14(15)16)1-2-8(7)13-20(17,18)10-4-3-9(12)19-10/h1-5,13H. The SMILES string of the molecule is O=[N+]([O-])c1ccc(NS(=O)(=O)c2ccc(Br)s2)c(Br)c1. The first-order valence-electron chi connectivity index (χ1n) is 5.02. The second-order valence-corrected chi connectivity index (χ2v) is 8.81. The number of hydrogen-bond donors (Lipinski definition) is 1. The summed E-state index contributed by atoms with van der Waals surface area (Å²) in [4.78, 5) is 10.1. The largest absolute Gasteiger partial charge is 0.278 e. The highest BCUT2D eigenvalue weighted by Gasteiger charge is 2.19. The molecule has 1 N–H and O–H groups in total. The minimum atomic E-state index is -3.71. The van der Waals surface area contributed by atoms with E-state index in [2.05, 4.69) is 36.6 Å². The van der Waals surface area contributed by atoms with E-state index in [4.69, 9.17) is 0 Å². The number of nitro groups is 1. The zero-order chi connectivity index (χ0) is 14.9. The normalized spacial score (nSPS) is 11.3. The number of nitro benzene ring substituents is 1. The zero-order valence-corrected chi connectivity index (χ0v) is 14.3. The number of thiophene rings is 1. The fourth-order valence-corrected chi connectivity index (χ4v) is 5.02. The summed E-state index contributed by atoms with van der Waals surface area (Å²) in [6.07, 6.45) is 0. The van der Waals surface area contributed by atoms with Crippen LogP contribution in [0.25, 0.3) is 0 Å². The van der Waals surface area contributed by atoms with Crippen molar-refractivity contribution in [3.63, 3.8) is 0 Å². The van der Waals surface area contributed by atoms with E-state index in [0.29, 0.717) is 8.26 Å². The lowest BCUT2D eigenvalue weighted by Gasteiger charge is -2.07. The van der Waals surface area contributed by atoms with Crippen LogP contribution in [0, 0.1) is 10.1 Å². The average Bonchev–Trinajstić information content (AvgIpc) is 2.79. The third kappa shape index (κ3) is 3.37. The summed E-state index contributed by atoms with van der Waals surface area (Å²) in [5.74, 6) is 0. The minimum Gasteiger partial charge on any atom is -0.278 e. The van der Waals surface area contributed by atoms with Crippen molar-refractivity contribution in [3.8, 4) is 0 Å².